The molecule has 0 unspecified atom stereocenters. The van der Waals surface area contributed by atoms with Crippen LogP contribution in [-0.4, -0.2) is 36.7 Å². The molecule has 2 rings (SSSR count). The summed E-state index contributed by atoms with van der Waals surface area (Å²) in [5, 5.41) is 12.0. The van der Waals surface area contributed by atoms with E-state index < -0.39 is 10.0 Å². The highest BCUT2D eigenvalue weighted by atomic mass is 35.5. The van der Waals surface area contributed by atoms with Gasteiger partial charge in [0.25, 0.3) is 0 Å². The maximum absolute atomic E-state index is 12.3. The Hall–Kier alpha value is -1.11. The minimum absolute atomic E-state index is 0.121. The number of rotatable bonds is 2. The zero-order valence-electron chi connectivity index (χ0n) is 9.58. The Morgan fingerprint density at radius 2 is 1.83 bits per heavy atom. The fourth-order valence-corrected chi connectivity index (χ4v) is 3.81. The summed E-state index contributed by atoms with van der Waals surface area (Å²) in [5.74, 6) is 0. The smallest absolute Gasteiger partial charge is 0.244 e. The molecule has 1 aliphatic rings. The molecular weight excluding hydrogens is 276 g/mol. The molecule has 1 fully saturated rings. The maximum atomic E-state index is 12.3. The van der Waals surface area contributed by atoms with Crippen molar-refractivity contribution in [1.82, 2.24) is 4.31 Å². The van der Waals surface area contributed by atoms with Crippen molar-refractivity contribution in [3.8, 4) is 0 Å². The first kappa shape index (κ1) is 13.3. The van der Waals surface area contributed by atoms with E-state index in [0.717, 1.165) is 0 Å². The molecule has 0 aromatic heterocycles. The van der Waals surface area contributed by atoms with Crippen molar-refractivity contribution in [1.29, 1.82) is 0 Å². The van der Waals surface area contributed by atoms with Crippen LogP contribution in [0.15, 0.2) is 34.3 Å². The lowest BCUT2D eigenvalue weighted by Gasteiger charge is -2.26. The number of benzene rings is 1. The minimum atomic E-state index is -3.56. The number of nitrogens with zero attached hydrogens (tertiary/aromatic N) is 2. The molecule has 0 amide bonds. The van der Waals surface area contributed by atoms with E-state index in [0.29, 0.717) is 31.6 Å². The van der Waals surface area contributed by atoms with Gasteiger partial charge in [0.15, 0.2) is 0 Å². The van der Waals surface area contributed by atoms with Gasteiger partial charge in [-0.25, -0.2) is 8.42 Å². The predicted molar refractivity (Wildman–Crippen MR) is 68.7 cm³/mol. The topological polar surface area (TPSA) is 70.0 Å². The molecule has 98 valence electrons. The molecule has 0 atom stereocenters. The van der Waals surface area contributed by atoms with Gasteiger partial charge < -0.3 is 5.21 Å². The highest BCUT2D eigenvalue weighted by Crippen LogP contribution is 2.25. The molecule has 0 saturated carbocycles. The zero-order chi connectivity index (χ0) is 13.2. The molecule has 5 nitrogen and oxygen atoms in total. The number of sulfonamides is 1. The van der Waals surface area contributed by atoms with Crippen LogP contribution in [0.3, 0.4) is 0 Å². The molecule has 7 heteroatoms. The van der Waals surface area contributed by atoms with Crippen molar-refractivity contribution >= 4 is 27.3 Å². The average Bonchev–Trinajstić information content (AvgIpc) is 2.39. The van der Waals surface area contributed by atoms with Crippen LogP contribution in [0.5, 0.6) is 0 Å². The lowest BCUT2D eigenvalue weighted by molar-refractivity contribution is 0.310. The standard InChI is InChI=1S/C11H13ClN2O3S/c12-10-3-1-2-4-11(10)18(16,17)14-7-5-9(13-15)6-8-14/h1-4,15H,5-8H2. The van der Waals surface area contributed by atoms with Gasteiger partial charge in [-0.05, 0) is 12.1 Å². The van der Waals surface area contributed by atoms with Crippen LogP contribution in [0.1, 0.15) is 12.8 Å². The van der Waals surface area contributed by atoms with E-state index >= 15 is 0 Å². The number of hydrogen-bond donors (Lipinski definition) is 1. The Labute approximate surface area is 111 Å². The monoisotopic (exact) mass is 288 g/mol. The fraction of sp³-hybridized carbons (Fsp3) is 0.364. The molecule has 18 heavy (non-hydrogen) atoms. The first-order valence-electron chi connectivity index (χ1n) is 5.50. The van der Waals surface area contributed by atoms with E-state index in [1.807, 2.05) is 0 Å². The SMILES string of the molecule is O=S(=O)(c1ccccc1Cl)N1CCC(=NO)CC1. The van der Waals surface area contributed by atoms with Crippen molar-refractivity contribution in [3.63, 3.8) is 0 Å². The summed E-state index contributed by atoms with van der Waals surface area (Å²) in [7, 11) is -3.56. The normalized spacial score (nSPS) is 17.7. The Bertz CT molecular complexity index is 561. The van der Waals surface area contributed by atoms with Gasteiger partial charge in [-0.3, -0.25) is 0 Å². The highest BCUT2D eigenvalue weighted by molar-refractivity contribution is 7.89. The van der Waals surface area contributed by atoms with Crippen LogP contribution < -0.4 is 0 Å². The summed E-state index contributed by atoms with van der Waals surface area (Å²) in [4.78, 5) is 0.121. The van der Waals surface area contributed by atoms with Gasteiger partial charge in [0.05, 0.1) is 10.7 Å². The van der Waals surface area contributed by atoms with Gasteiger partial charge >= 0.3 is 0 Å². The lowest BCUT2D eigenvalue weighted by atomic mass is 10.1. The van der Waals surface area contributed by atoms with Crippen LogP contribution in [0.25, 0.3) is 0 Å². The Kier molecular flexibility index (Phi) is 3.89. The van der Waals surface area contributed by atoms with Gasteiger partial charge in [-0.15, -0.1) is 0 Å². The van der Waals surface area contributed by atoms with Gasteiger partial charge in [0, 0.05) is 25.9 Å². The van der Waals surface area contributed by atoms with Crippen LogP contribution >= 0.6 is 11.6 Å². The van der Waals surface area contributed by atoms with Gasteiger partial charge in [0.1, 0.15) is 4.90 Å². The summed E-state index contributed by atoms with van der Waals surface area (Å²) in [6, 6.07) is 6.38. The van der Waals surface area contributed by atoms with Gasteiger partial charge in [-0.1, -0.05) is 28.9 Å². The fourth-order valence-electron chi connectivity index (χ4n) is 1.88. The molecule has 0 radical (unpaired) electrons. The first-order valence-corrected chi connectivity index (χ1v) is 7.32. The summed E-state index contributed by atoms with van der Waals surface area (Å²) in [6.45, 7) is 0.625. The van der Waals surface area contributed by atoms with Crippen molar-refractivity contribution in [2.24, 2.45) is 5.16 Å². The molecule has 1 saturated heterocycles. The van der Waals surface area contributed by atoms with Crippen LogP contribution in [0.4, 0.5) is 0 Å². The number of halogens is 1. The van der Waals surface area contributed by atoms with E-state index in [9.17, 15) is 8.42 Å². The summed E-state index contributed by atoms with van der Waals surface area (Å²) >= 11 is 5.91. The molecule has 1 heterocycles. The molecule has 1 aromatic rings. The van der Waals surface area contributed by atoms with Crippen LogP contribution in [0, 0.1) is 0 Å². The average molecular weight is 289 g/mol. The van der Waals surface area contributed by atoms with E-state index in [1.54, 1.807) is 18.2 Å². The molecular formula is C11H13ClN2O3S. The number of piperidine rings is 1. The lowest BCUT2D eigenvalue weighted by Crippen LogP contribution is -2.38. The third kappa shape index (κ3) is 2.50. The van der Waals surface area contributed by atoms with E-state index in [-0.39, 0.29) is 9.92 Å². The van der Waals surface area contributed by atoms with E-state index in [2.05, 4.69) is 5.16 Å². The van der Waals surface area contributed by atoms with E-state index in [1.165, 1.54) is 10.4 Å². The number of oxime groups is 1. The molecule has 0 spiro atoms. The Morgan fingerprint density at radius 3 is 2.39 bits per heavy atom. The second kappa shape index (κ2) is 5.26. The summed E-state index contributed by atoms with van der Waals surface area (Å²) in [6.07, 6.45) is 0.889. The first-order chi connectivity index (χ1) is 8.55. The molecule has 1 N–H and O–H groups in total. The van der Waals surface area contributed by atoms with Crippen molar-refractivity contribution in [2.75, 3.05) is 13.1 Å². The van der Waals surface area contributed by atoms with Crippen LogP contribution in [-0.2, 0) is 10.0 Å². The zero-order valence-corrected chi connectivity index (χ0v) is 11.2. The summed E-state index contributed by atoms with van der Waals surface area (Å²) in [5.41, 5.74) is 0.626. The molecule has 1 aromatic carbocycles. The van der Waals surface area contributed by atoms with Crippen molar-refractivity contribution < 1.29 is 13.6 Å². The largest absolute Gasteiger partial charge is 0.411 e. The molecule has 0 aliphatic carbocycles. The van der Waals surface area contributed by atoms with Crippen molar-refractivity contribution in [2.45, 2.75) is 17.7 Å². The minimum Gasteiger partial charge on any atom is -0.411 e. The second-order valence-electron chi connectivity index (χ2n) is 4.00. The van der Waals surface area contributed by atoms with Gasteiger partial charge in [0.2, 0.25) is 10.0 Å². The Morgan fingerprint density at radius 1 is 1.22 bits per heavy atom. The third-order valence-corrected chi connectivity index (χ3v) is 5.29. The number of hydrogen-bond acceptors (Lipinski definition) is 4. The van der Waals surface area contributed by atoms with Crippen LogP contribution in [0.2, 0.25) is 5.02 Å². The predicted octanol–water partition coefficient (Wildman–Crippen LogP) is 1.95. The Balaban J connectivity index is 2.26. The molecule has 1 aliphatic heterocycles. The van der Waals surface area contributed by atoms with Gasteiger partial charge in [-0.2, -0.15) is 4.31 Å². The third-order valence-electron chi connectivity index (χ3n) is 2.90. The maximum Gasteiger partial charge on any atom is 0.244 e. The molecule has 0 bridgehead atoms. The highest BCUT2D eigenvalue weighted by Gasteiger charge is 2.29. The second-order valence-corrected chi connectivity index (χ2v) is 6.31. The quantitative estimate of drug-likeness (QED) is 0.668. The summed E-state index contributed by atoms with van der Waals surface area (Å²) < 4.78 is 26.0. The van der Waals surface area contributed by atoms with E-state index in [4.69, 9.17) is 16.8 Å². The van der Waals surface area contributed by atoms with Crippen molar-refractivity contribution in [3.05, 3.63) is 29.3 Å².